The maximum Gasteiger partial charge on any atom is 0.287 e. The molecule has 1 aromatic carbocycles. The molecule has 0 saturated carbocycles. The molecule has 1 aliphatic heterocycles. The Balaban J connectivity index is 1.70. The lowest BCUT2D eigenvalue weighted by molar-refractivity contribution is 0.0923. The average molecular weight is 386 g/mol. The summed E-state index contributed by atoms with van der Waals surface area (Å²) in [6, 6.07) is 6.28. The summed E-state index contributed by atoms with van der Waals surface area (Å²) in [5.41, 5.74) is 2.12. The number of amides is 2. The molecule has 2 heterocycles. The van der Waals surface area contributed by atoms with Crippen LogP contribution < -0.4 is 10.6 Å². The second kappa shape index (κ2) is 8.99. The Morgan fingerprint density at radius 1 is 1.21 bits per heavy atom. The van der Waals surface area contributed by atoms with Crippen LogP contribution in [0, 0.1) is 5.82 Å². The van der Waals surface area contributed by atoms with Crippen molar-refractivity contribution in [2.45, 2.75) is 58.5 Å². The third-order valence-electron chi connectivity index (χ3n) is 5.14. The molecular weight excluding hydrogens is 359 g/mol. The molecule has 2 amide bonds. The minimum atomic E-state index is -0.277. The number of benzene rings is 1. The van der Waals surface area contributed by atoms with Gasteiger partial charge in [0.05, 0.1) is 5.69 Å². The number of rotatable bonds is 7. The molecule has 0 spiro atoms. The van der Waals surface area contributed by atoms with E-state index in [-0.39, 0.29) is 23.7 Å². The van der Waals surface area contributed by atoms with Crippen LogP contribution in [0.3, 0.4) is 0 Å². The van der Waals surface area contributed by atoms with Crippen molar-refractivity contribution >= 4 is 11.8 Å². The molecule has 6 nitrogen and oxygen atoms in total. The van der Waals surface area contributed by atoms with E-state index in [0.717, 1.165) is 36.9 Å². The van der Waals surface area contributed by atoms with Crippen molar-refractivity contribution in [3.63, 3.8) is 0 Å². The first-order valence-corrected chi connectivity index (χ1v) is 9.92. The molecule has 7 heteroatoms. The smallest absolute Gasteiger partial charge is 0.287 e. The summed E-state index contributed by atoms with van der Waals surface area (Å²) in [4.78, 5) is 29.7. The number of nitrogens with zero attached hydrogens (tertiary/aromatic N) is 2. The molecular formula is C21H27FN4O2. The molecule has 0 bridgehead atoms. The third-order valence-corrected chi connectivity index (χ3v) is 5.14. The van der Waals surface area contributed by atoms with Crippen molar-refractivity contribution in [2.75, 3.05) is 6.54 Å². The molecule has 0 radical (unpaired) electrons. The lowest BCUT2D eigenvalue weighted by atomic mass is 10.1. The Morgan fingerprint density at radius 2 is 1.96 bits per heavy atom. The van der Waals surface area contributed by atoms with Crippen molar-refractivity contribution in [3.8, 4) is 0 Å². The Morgan fingerprint density at radius 3 is 2.68 bits per heavy atom. The van der Waals surface area contributed by atoms with Crippen LogP contribution in [0.25, 0.3) is 0 Å². The first-order valence-electron chi connectivity index (χ1n) is 9.92. The van der Waals surface area contributed by atoms with E-state index < -0.39 is 0 Å². The second-order valence-electron chi connectivity index (χ2n) is 7.25. The molecule has 150 valence electrons. The minimum Gasteiger partial charge on any atom is -0.350 e. The first kappa shape index (κ1) is 20.0. The van der Waals surface area contributed by atoms with Crippen molar-refractivity contribution < 1.29 is 14.0 Å². The fourth-order valence-corrected chi connectivity index (χ4v) is 3.34. The van der Waals surface area contributed by atoms with Gasteiger partial charge < -0.3 is 15.2 Å². The van der Waals surface area contributed by atoms with Crippen LogP contribution in [-0.2, 0) is 19.4 Å². The van der Waals surface area contributed by atoms with Crippen LogP contribution in [0.4, 0.5) is 4.39 Å². The number of aromatic nitrogens is 2. The molecule has 0 saturated heterocycles. The molecule has 1 aliphatic rings. The Hall–Kier alpha value is -2.70. The van der Waals surface area contributed by atoms with Crippen molar-refractivity contribution in [1.29, 1.82) is 0 Å². The largest absolute Gasteiger partial charge is 0.350 e. The van der Waals surface area contributed by atoms with Crippen LogP contribution in [0.2, 0.25) is 0 Å². The first-order chi connectivity index (χ1) is 13.5. The van der Waals surface area contributed by atoms with E-state index in [2.05, 4.69) is 15.6 Å². The van der Waals surface area contributed by atoms with Gasteiger partial charge in [0.1, 0.15) is 11.5 Å². The fourth-order valence-electron chi connectivity index (χ4n) is 3.34. The quantitative estimate of drug-likeness (QED) is 0.768. The number of halogens is 1. The van der Waals surface area contributed by atoms with Crippen LogP contribution in [-0.4, -0.2) is 34.0 Å². The van der Waals surface area contributed by atoms with E-state index in [1.54, 1.807) is 12.1 Å². The van der Waals surface area contributed by atoms with Gasteiger partial charge in [0.25, 0.3) is 11.8 Å². The zero-order valence-corrected chi connectivity index (χ0v) is 16.4. The van der Waals surface area contributed by atoms with Crippen molar-refractivity contribution in [2.24, 2.45) is 0 Å². The number of fused-ring (bicyclic) bond motifs is 1. The lowest BCUT2D eigenvalue weighted by Crippen LogP contribution is -2.34. The summed E-state index contributed by atoms with van der Waals surface area (Å²) in [7, 11) is 0. The highest BCUT2D eigenvalue weighted by Crippen LogP contribution is 2.21. The molecule has 2 N–H and O–H groups in total. The van der Waals surface area contributed by atoms with Gasteiger partial charge in [0.2, 0.25) is 0 Å². The Labute approximate surface area is 164 Å². The number of hydrogen-bond acceptors (Lipinski definition) is 3. The van der Waals surface area contributed by atoms with Crippen LogP contribution in [0.15, 0.2) is 24.3 Å². The summed E-state index contributed by atoms with van der Waals surface area (Å²) in [5.74, 6) is -0.461. The van der Waals surface area contributed by atoms with Crippen LogP contribution in [0.5, 0.6) is 0 Å². The Bertz CT molecular complexity index is 845. The summed E-state index contributed by atoms with van der Waals surface area (Å²) in [6.07, 6.45) is 4.12. The van der Waals surface area contributed by atoms with Crippen molar-refractivity contribution in [1.82, 2.24) is 20.2 Å². The fraction of sp³-hybridized carbons (Fsp3) is 0.476. The Kier molecular flexibility index (Phi) is 6.44. The highest BCUT2D eigenvalue weighted by molar-refractivity contribution is 5.97. The maximum atomic E-state index is 13.0. The molecule has 28 heavy (non-hydrogen) atoms. The molecule has 0 fully saturated rings. The monoisotopic (exact) mass is 386 g/mol. The molecule has 1 atom stereocenters. The van der Waals surface area contributed by atoms with Gasteiger partial charge in [-0.15, -0.1) is 0 Å². The second-order valence-corrected chi connectivity index (χ2v) is 7.25. The van der Waals surface area contributed by atoms with Crippen LogP contribution >= 0.6 is 0 Å². The minimum absolute atomic E-state index is 0.0528. The molecule has 1 unspecified atom stereocenters. The van der Waals surface area contributed by atoms with E-state index >= 15 is 0 Å². The highest BCUT2D eigenvalue weighted by atomic mass is 19.1. The predicted molar refractivity (Wildman–Crippen MR) is 105 cm³/mol. The molecule has 0 aliphatic carbocycles. The zero-order valence-electron chi connectivity index (χ0n) is 16.4. The van der Waals surface area contributed by atoms with Gasteiger partial charge >= 0.3 is 0 Å². The van der Waals surface area contributed by atoms with E-state index in [1.807, 2.05) is 18.4 Å². The van der Waals surface area contributed by atoms with E-state index in [0.29, 0.717) is 31.0 Å². The summed E-state index contributed by atoms with van der Waals surface area (Å²) in [5, 5.41) is 5.81. The number of carbonyl (C=O) groups is 2. The van der Waals surface area contributed by atoms with Crippen molar-refractivity contribution in [3.05, 3.63) is 52.9 Å². The number of carbonyl (C=O) groups excluding carboxylic acids is 2. The molecule has 2 aromatic rings. The average Bonchev–Trinajstić information content (AvgIpc) is 3.09. The van der Waals surface area contributed by atoms with Gasteiger partial charge in [0, 0.05) is 19.1 Å². The van der Waals surface area contributed by atoms with E-state index in [4.69, 9.17) is 0 Å². The summed E-state index contributed by atoms with van der Waals surface area (Å²) < 4.78 is 14.9. The topological polar surface area (TPSA) is 76.0 Å². The summed E-state index contributed by atoms with van der Waals surface area (Å²) in [6.45, 7) is 5.08. The third kappa shape index (κ3) is 4.58. The number of hydrogen-bond donors (Lipinski definition) is 2. The van der Waals surface area contributed by atoms with Crippen LogP contribution in [0.1, 0.15) is 65.5 Å². The molecule has 1 aromatic heterocycles. The number of imidazole rings is 1. The highest BCUT2D eigenvalue weighted by Gasteiger charge is 2.27. The normalized spacial score (nSPS) is 14.2. The van der Waals surface area contributed by atoms with Gasteiger partial charge in [-0.25, -0.2) is 9.37 Å². The van der Waals surface area contributed by atoms with Gasteiger partial charge in [0.15, 0.2) is 5.82 Å². The van der Waals surface area contributed by atoms with E-state index in [1.165, 1.54) is 12.1 Å². The van der Waals surface area contributed by atoms with Gasteiger partial charge in [-0.3, -0.25) is 9.59 Å². The zero-order chi connectivity index (χ0) is 20.1. The maximum absolute atomic E-state index is 13.0. The van der Waals surface area contributed by atoms with Gasteiger partial charge in [-0.05, 0) is 56.7 Å². The SMILES string of the molecule is CCC(C)NC(=O)c1nc(C(=O)NCCc2ccc(F)cc2)c2n1CCCC2. The lowest BCUT2D eigenvalue weighted by Gasteiger charge is -2.18. The predicted octanol–water partition coefficient (Wildman–Crippen LogP) is 2.86. The standard InChI is InChI=1S/C21H27FN4O2/c1-3-14(2)24-21(28)19-25-18(17-6-4-5-13-26(17)19)20(27)23-12-11-15-7-9-16(22)10-8-15/h7-10,14H,3-6,11-13H2,1-2H3,(H,23,27)(H,24,28). The van der Waals surface area contributed by atoms with Gasteiger partial charge in [-0.1, -0.05) is 19.1 Å². The van der Waals surface area contributed by atoms with E-state index in [9.17, 15) is 14.0 Å². The molecule has 3 rings (SSSR count). The number of nitrogens with one attached hydrogen (secondary N) is 2. The van der Waals surface area contributed by atoms with Gasteiger partial charge in [-0.2, -0.15) is 0 Å². The summed E-state index contributed by atoms with van der Waals surface area (Å²) >= 11 is 0.